The molecule has 0 aliphatic carbocycles. The fourth-order valence-electron chi connectivity index (χ4n) is 2.16. The molecule has 1 aromatic heterocycles. The second-order valence-corrected chi connectivity index (χ2v) is 4.16. The van der Waals surface area contributed by atoms with Crippen molar-refractivity contribution in [2.45, 2.75) is 6.42 Å². The van der Waals surface area contributed by atoms with Crippen LogP contribution in [0.25, 0.3) is 0 Å². The summed E-state index contributed by atoms with van der Waals surface area (Å²) in [6.45, 7) is 0. The van der Waals surface area contributed by atoms with Crippen molar-refractivity contribution in [2.24, 2.45) is 0 Å². The van der Waals surface area contributed by atoms with E-state index in [4.69, 9.17) is 0 Å². The highest BCUT2D eigenvalue weighted by molar-refractivity contribution is 6.22. The highest BCUT2D eigenvalue weighted by Gasteiger charge is 2.28. The molecule has 2 amide bonds. The number of amides is 2. The second-order valence-electron chi connectivity index (χ2n) is 4.16. The van der Waals surface area contributed by atoms with Crippen molar-refractivity contribution in [1.29, 1.82) is 0 Å². The van der Waals surface area contributed by atoms with Crippen LogP contribution in [0.5, 0.6) is 0 Å². The van der Waals surface area contributed by atoms with Crippen molar-refractivity contribution >= 4 is 11.8 Å². The van der Waals surface area contributed by atoms with Gasteiger partial charge in [-0.1, -0.05) is 12.1 Å². The van der Waals surface area contributed by atoms with Gasteiger partial charge in [0.05, 0.1) is 11.1 Å². The van der Waals surface area contributed by atoms with Gasteiger partial charge in [-0.3, -0.25) is 19.9 Å². The number of rotatable bonds is 2. The summed E-state index contributed by atoms with van der Waals surface area (Å²) >= 11 is 0. The molecule has 2 heterocycles. The van der Waals surface area contributed by atoms with Crippen molar-refractivity contribution in [1.82, 2.24) is 10.3 Å². The van der Waals surface area contributed by atoms with Gasteiger partial charge < -0.3 is 0 Å². The molecule has 1 N–H and O–H groups in total. The highest BCUT2D eigenvalue weighted by Crippen LogP contribution is 2.22. The predicted molar refractivity (Wildman–Crippen MR) is 65.3 cm³/mol. The van der Waals surface area contributed by atoms with Crippen LogP contribution in [-0.2, 0) is 6.42 Å². The summed E-state index contributed by atoms with van der Waals surface area (Å²) in [5.74, 6) is -0.619. The first-order chi connectivity index (χ1) is 8.75. The van der Waals surface area contributed by atoms with E-state index >= 15 is 0 Å². The van der Waals surface area contributed by atoms with Gasteiger partial charge in [0, 0.05) is 12.4 Å². The van der Waals surface area contributed by atoms with Gasteiger partial charge in [-0.15, -0.1) is 0 Å². The molecule has 2 aromatic rings. The topological polar surface area (TPSA) is 59.1 Å². The zero-order valence-electron chi connectivity index (χ0n) is 9.51. The van der Waals surface area contributed by atoms with Crippen molar-refractivity contribution in [2.75, 3.05) is 0 Å². The van der Waals surface area contributed by atoms with E-state index in [1.54, 1.807) is 24.5 Å². The van der Waals surface area contributed by atoms with Crippen LogP contribution in [0.15, 0.2) is 42.7 Å². The molecule has 1 aliphatic heterocycles. The Kier molecular flexibility index (Phi) is 2.41. The standard InChI is InChI=1S/C14H10N2O2/c17-13-11-3-1-2-10(12(11)14(18)16-13)8-9-4-6-15-7-5-9/h1-7H,8H2,(H,16,17,18). The maximum atomic E-state index is 11.7. The molecule has 0 radical (unpaired) electrons. The first-order valence-corrected chi connectivity index (χ1v) is 5.62. The number of carbonyl (C=O) groups is 2. The summed E-state index contributed by atoms with van der Waals surface area (Å²) in [7, 11) is 0. The van der Waals surface area contributed by atoms with Gasteiger partial charge in [-0.2, -0.15) is 0 Å². The number of aromatic nitrogens is 1. The number of carbonyl (C=O) groups excluding carboxylic acids is 2. The summed E-state index contributed by atoms with van der Waals surface area (Å²) < 4.78 is 0. The van der Waals surface area contributed by atoms with Crippen LogP contribution >= 0.6 is 0 Å². The molecule has 0 atom stereocenters. The molecule has 1 aliphatic rings. The van der Waals surface area contributed by atoms with Crippen LogP contribution in [0.2, 0.25) is 0 Å². The number of nitrogens with one attached hydrogen (secondary N) is 1. The second kappa shape index (κ2) is 4.07. The van der Waals surface area contributed by atoms with Crippen molar-refractivity contribution < 1.29 is 9.59 Å². The van der Waals surface area contributed by atoms with Crippen LogP contribution in [0.3, 0.4) is 0 Å². The molecule has 0 spiro atoms. The number of pyridine rings is 1. The van der Waals surface area contributed by atoms with E-state index < -0.39 is 0 Å². The minimum Gasteiger partial charge on any atom is -0.288 e. The number of imide groups is 1. The molecule has 0 saturated carbocycles. The quantitative estimate of drug-likeness (QED) is 0.808. The Morgan fingerprint density at radius 1 is 1.00 bits per heavy atom. The largest absolute Gasteiger partial charge is 0.288 e. The molecular weight excluding hydrogens is 228 g/mol. The molecular formula is C14H10N2O2. The molecule has 0 unspecified atom stereocenters. The fraction of sp³-hybridized carbons (Fsp3) is 0.0714. The minimum atomic E-state index is -0.313. The van der Waals surface area contributed by atoms with E-state index in [2.05, 4.69) is 10.3 Å². The Morgan fingerprint density at radius 3 is 2.56 bits per heavy atom. The molecule has 4 heteroatoms. The van der Waals surface area contributed by atoms with Crippen LogP contribution < -0.4 is 5.32 Å². The molecule has 18 heavy (non-hydrogen) atoms. The highest BCUT2D eigenvalue weighted by atomic mass is 16.2. The monoisotopic (exact) mass is 238 g/mol. The third-order valence-corrected chi connectivity index (χ3v) is 2.99. The number of nitrogens with zero attached hydrogens (tertiary/aromatic N) is 1. The van der Waals surface area contributed by atoms with Crippen LogP contribution in [0.4, 0.5) is 0 Å². The number of hydrogen-bond donors (Lipinski definition) is 1. The average Bonchev–Trinajstić information content (AvgIpc) is 2.67. The van der Waals surface area contributed by atoms with E-state index in [0.29, 0.717) is 17.5 Å². The lowest BCUT2D eigenvalue weighted by Gasteiger charge is -2.05. The van der Waals surface area contributed by atoms with Gasteiger partial charge in [-0.25, -0.2) is 0 Å². The van der Waals surface area contributed by atoms with Gasteiger partial charge in [0.15, 0.2) is 0 Å². The third-order valence-electron chi connectivity index (χ3n) is 2.99. The Hall–Kier alpha value is -2.49. The Morgan fingerprint density at radius 2 is 1.78 bits per heavy atom. The maximum absolute atomic E-state index is 11.7. The third kappa shape index (κ3) is 1.68. The van der Waals surface area contributed by atoms with Crippen LogP contribution in [0.1, 0.15) is 31.8 Å². The van der Waals surface area contributed by atoms with Gasteiger partial charge >= 0.3 is 0 Å². The van der Waals surface area contributed by atoms with Gasteiger partial charge in [0.25, 0.3) is 11.8 Å². The van der Waals surface area contributed by atoms with E-state index in [9.17, 15) is 9.59 Å². The summed E-state index contributed by atoms with van der Waals surface area (Å²) in [5, 5.41) is 2.32. The lowest BCUT2D eigenvalue weighted by Crippen LogP contribution is -2.20. The van der Waals surface area contributed by atoms with E-state index in [0.717, 1.165) is 11.1 Å². The summed E-state index contributed by atoms with van der Waals surface area (Å²) in [5.41, 5.74) is 2.89. The van der Waals surface area contributed by atoms with Crippen LogP contribution in [-0.4, -0.2) is 16.8 Å². The zero-order chi connectivity index (χ0) is 12.5. The first kappa shape index (κ1) is 10.7. The summed E-state index contributed by atoms with van der Waals surface area (Å²) in [6.07, 6.45) is 4.04. The van der Waals surface area contributed by atoms with Gasteiger partial charge in [0.1, 0.15) is 0 Å². The lowest BCUT2D eigenvalue weighted by atomic mass is 9.97. The summed E-state index contributed by atoms with van der Waals surface area (Å²) in [4.78, 5) is 27.2. The van der Waals surface area contributed by atoms with Gasteiger partial charge in [0.2, 0.25) is 0 Å². The van der Waals surface area contributed by atoms with Crippen LogP contribution in [0, 0.1) is 0 Å². The number of hydrogen-bond acceptors (Lipinski definition) is 3. The van der Waals surface area contributed by atoms with Gasteiger partial charge in [-0.05, 0) is 35.7 Å². The number of benzene rings is 1. The Balaban J connectivity index is 2.05. The average molecular weight is 238 g/mol. The Bertz CT molecular complexity index is 635. The smallest absolute Gasteiger partial charge is 0.259 e. The molecule has 0 bridgehead atoms. The van der Waals surface area contributed by atoms with E-state index in [-0.39, 0.29) is 11.8 Å². The first-order valence-electron chi connectivity index (χ1n) is 5.62. The summed E-state index contributed by atoms with van der Waals surface area (Å²) in [6, 6.07) is 9.14. The molecule has 0 fully saturated rings. The van der Waals surface area contributed by atoms with E-state index in [1.165, 1.54) is 0 Å². The molecule has 3 rings (SSSR count). The Labute approximate surface area is 104 Å². The SMILES string of the molecule is O=C1NC(=O)c2c(Cc3ccncc3)cccc21. The fourth-order valence-corrected chi connectivity index (χ4v) is 2.16. The van der Waals surface area contributed by atoms with Crippen molar-refractivity contribution in [3.8, 4) is 0 Å². The molecule has 4 nitrogen and oxygen atoms in total. The van der Waals surface area contributed by atoms with E-state index in [1.807, 2.05) is 18.2 Å². The zero-order valence-corrected chi connectivity index (χ0v) is 9.51. The maximum Gasteiger partial charge on any atom is 0.259 e. The van der Waals surface area contributed by atoms with Crippen molar-refractivity contribution in [3.63, 3.8) is 0 Å². The minimum absolute atomic E-state index is 0.306. The molecule has 0 saturated heterocycles. The molecule has 88 valence electrons. The predicted octanol–water partition coefficient (Wildman–Crippen LogP) is 1.56. The lowest BCUT2D eigenvalue weighted by molar-refractivity contribution is 0.0879. The normalized spacial score (nSPS) is 13.3. The van der Waals surface area contributed by atoms with Crippen molar-refractivity contribution in [3.05, 3.63) is 65.0 Å². The number of fused-ring (bicyclic) bond motifs is 1. The molecule has 1 aromatic carbocycles.